The number of rotatable bonds is 2. The summed E-state index contributed by atoms with van der Waals surface area (Å²) in [7, 11) is 0. The second kappa shape index (κ2) is 5.71. The minimum Gasteiger partial charge on any atom is -0.375 e. The van der Waals surface area contributed by atoms with Gasteiger partial charge < -0.3 is 10.5 Å². The summed E-state index contributed by atoms with van der Waals surface area (Å²) in [6.45, 7) is 5.46. The number of hydrogen-bond acceptors (Lipinski definition) is 3. The Kier molecular flexibility index (Phi) is 4.16. The first-order chi connectivity index (χ1) is 9.16. The van der Waals surface area contributed by atoms with Crippen molar-refractivity contribution in [3.05, 3.63) is 0 Å². The predicted molar refractivity (Wildman–Crippen MR) is 78.1 cm³/mol. The van der Waals surface area contributed by atoms with Crippen LogP contribution in [0.15, 0.2) is 0 Å². The molecule has 19 heavy (non-hydrogen) atoms. The van der Waals surface area contributed by atoms with Crippen LogP contribution in [0.1, 0.15) is 58.3 Å². The third-order valence-electron chi connectivity index (χ3n) is 5.49. The van der Waals surface area contributed by atoms with E-state index in [9.17, 15) is 0 Å². The molecule has 4 unspecified atom stereocenters. The first-order valence-electron chi connectivity index (χ1n) is 8.31. The molecule has 0 spiro atoms. The van der Waals surface area contributed by atoms with E-state index in [1.807, 2.05) is 0 Å². The van der Waals surface area contributed by atoms with Crippen LogP contribution in [0.2, 0.25) is 0 Å². The Morgan fingerprint density at radius 1 is 1.21 bits per heavy atom. The Morgan fingerprint density at radius 2 is 2.05 bits per heavy atom. The summed E-state index contributed by atoms with van der Waals surface area (Å²) in [5.74, 6) is 0.807. The Balaban J connectivity index is 1.64. The van der Waals surface area contributed by atoms with Crippen molar-refractivity contribution in [2.75, 3.05) is 19.7 Å². The summed E-state index contributed by atoms with van der Waals surface area (Å²) in [5, 5.41) is 0. The number of hydrogen-bond donors (Lipinski definition) is 1. The molecule has 2 aliphatic carbocycles. The van der Waals surface area contributed by atoms with Crippen LogP contribution in [0, 0.1) is 5.92 Å². The molecular formula is C16H30N2O. The first-order valence-corrected chi connectivity index (χ1v) is 8.31. The largest absolute Gasteiger partial charge is 0.375 e. The van der Waals surface area contributed by atoms with E-state index in [1.165, 1.54) is 51.4 Å². The van der Waals surface area contributed by atoms with Crippen LogP contribution < -0.4 is 5.73 Å². The molecule has 3 heteroatoms. The van der Waals surface area contributed by atoms with Crippen LogP contribution in [-0.4, -0.2) is 42.3 Å². The Morgan fingerprint density at radius 3 is 2.89 bits per heavy atom. The van der Waals surface area contributed by atoms with Crippen molar-refractivity contribution in [3.8, 4) is 0 Å². The lowest BCUT2D eigenvalue weighted by Gasteiger charge is -2.48. The molecule has 1 heterocycles. The number of nitrogens with two attached hydrogens (primary N) is 1. The lowest BCUT2D eigenvalue weighted by molar-refractivity contribution is -0.0954. The van der Waals surface area contributed by atoms with Gasteiger partial charge >= 0.3 is 0 Å². The summed E-state index contributed by atoms with van der Waals surface area (Å²) < 4.78 is 5.97. The molecule has 3 aliphatic rings. The highest BCUT2D eigenvalue weighted by atomic mass is 16.5. The first kappa shape index (κ1) is 13.8. The van der Waals surface area contributed by atoms with Crippen molar-refractivity contribution in [1.29, 1.82) is 0 Å². The molecular weight excluding hydrogens is 236 g/mol. The molecule has 0 aromatic rings. The van der Waals surface area contributed by atoms with Crippen LogP contribution >= 0.6 is 0 Å². The van der Waals surface area contributed by atoms with Crippen LogP contribution in [-0.2, 0) is 4.74 Å². The zero-order valence-corrected chi connectivity index (χ0v) is 12.4. The minimum atomic E-state index is 0.0665. The Bertz CT molecular complexity index is 307. The fourth-order valence-electron chi connectivity index (χ4n) is 4.62. The van der Waals surface area contributed by atoms with Crippen molar-refractivity contribution in [2.45, 2.75) is 76.0 Å². The lowest BCUT2D eigenvalue weighted by atomic mass is 9.76. The van der Waals surface area contributed by atoms with Crippen molar-refractivity contribution >= 4 is 0 Å². The molecule has 3 rings (SSSR count). The van der Waals surface area contributed by atoms with Gasteiger partial charge in [-0.2, -0.15) is 0 Å². The second-order valence-electron chi connectivity index (χ2n) is 7.30. The quantitative estimate of drug-likeness (QED) is 0.835. The molecule has 0 bridgehead atoms. The van der Waals surface area contributed by atoms with Crippen LogP contribution in [0.3, 0.4) is 0 Å². The SMILES string of the molecule is CC1CCCC(N)(CN2CCOC3CCCCC32)C1. The van der Waals surface area contributed by atoms with E-state index >= 15 is 0 Å². The highest BCUT2D eigenvalue weighted by Crippen LogP contribution is 2.34. The average Bonchev–Trinajstić information content (AvgIpc) is 2.38. The zero-order chi connectivity index (χ0) is 13.3. The molecule has 1 aliphatic heterocycles. The van der Waals surface area contributed by atoms with E-state index in [2.05, 4.69) is 11.8 Å². The second-order valence-corrected chi connectivity index (χ2v) is 7.30. The van der Waals surface area contributed by atoms with Gasteiger partial charge in [0.1, 0.15) is 0 Å². The Hall–Kier alpha value is -0.120. The van der Waals surface area contributed by atoms with Crippen molar-refractivity contribution in [2.24, 2.45) is 11.7 Å². The topological polar surface area (TPSA) is 38.5 Å². The number of morpholine rings is 1. The maximum atomic E-state index is 6.72. The molecule has 0 amide bonds. The number of fused-ring (bicyclic) bond motifs is 1. The van der Waals surface area contributed by atoms with Gasteiger partial charge in [-0.15, -0.1) is 0 Å². The number of ether oxygens (including phenoxy) is 1. The van der Waals surface area contributed by atoms with Gasteiger partial charge in [0, 0.05) is 24.7 Å². The smallest absolute Gasteiger partial charge is 0.0730 e. The molecule has 0 aromatic carbocycles. The predicted octanol–water partition coefficient (Wildman–Crippen LogP) is 2.54. The van der Waals surface area contributed by atoms with E-state index in [1.54, 1.807) is 0 Å². The third-order valence-corrected chi connectivity index (χ3v) is 5.49. The van der Waals surface area contributed by atoms with Gasteiger partial charge in [0.05, 0.1) is 12.7 Å². The highest BCUT2D eigenvalue weighted by Gasteiger charge is 2.39. The molecule has 3 nitrogen and oxygen atoms in total. The minimum absolute atomic E-state index is 0.0665. The van der Waals surface area contributed by atoms with E-state index in [0.717, 1.165) is 25.6 Å². The normalized spacial score (nSPS) is 44.8. The van der Waals surface area contributed by atoms with Crippen LogP contribution in [0.4, 0.5) is 0 Å². The van der Waals surface area contributed by atoms with Crippen molar-refractivity contribution in [1.82, 2.24) is 4.90 Å². The van der Waals surface area contributed by atoms with Gasteiger partial charge in [-0.1, -0.05) is 32.6 Å². The van der Waals surface area contributed by atoms with E-state index in [4.69, 9.17) is 10.5 Å². The van der Waals surface area contributed by atoms with Crippen LogP contribution in [0.25, 0.3) is 0 Å². The fraction of sp³-hybridized carbons (Fsp3) is 1.00. The summed E-state index contributed by atoms with van der Waals surface area (Å²) >= 11 is 0. The van der Waals surface area contributed by atoms with Gasteiger partial charge in [-0.05, 0) is 31.6 Å². The van der Waals surface area contributed by atoms with Crippen LogP contribution in [0.5, 0.6) is 0 Å². The maximum Gasteiger partial charge on any atom is 0.0730 e. The molecule has 0 radical (unpaired) electrons. The average molecular weight is 266 g/mol. The molecule has 1 saturated heterocycles. The summed E-state index contributed by atoms with van der Waals surface area (Å²) in [6, 6.07) is 0.653. The molecule has 3 fully saturated rings. The third kappa shape index (κ3) is 3.14. The van der Waals surface area contributed by atoms with Gasteiger partial charge in [-0.3, -0.25) is 4.90 Å². The van der Waals surface area contributed by atoms with Gasteiger partial charge in [-0.25, -0.2) is 0 Å². The fourth-order valence-corrected chi connectivity index (χ4v) is 4.62. The standard InChI is InChI=1S/C16H30N2O/c1-13-5-4-8-16(17,11-13)12-18-9-10-19-15-7-3-2-6-14(15)18/h13-15H,2-12,17H2,1H3. The summed E-state index contributed by atoms with van der Waals surface area (Å²) in [6.07, 6.45) is 10.9. The molecule has 0 aromatic heterocycles. The summed E-state index contributed by atoms with van der Waals surface area (Å²) in [4.78, 5) is 2.67. The molecule has 4 atom stereocenters. The van der Waals surface area contributed by atoms with Gasteiger partial charge in [0.25, 0.3) is 0 Å². The van der Waals surface area contributed by atoms with E-state index in [-0.39, 0.29) is 5.54 Å². The van der Waals surface area contributed by atoms with E-state index < -0.39 is 0 Å². The monoisotopic (exact) mass is 266 g/mol. The summed E-state index contributed by atoms with van der Waals surface area (Å²) in [5.41, 5.74) is 6.79. The maximum absolute atomic E-state index is 6.72. The van der Waals surface area contributed by atoms with Gasteiger partial charge in [0.2, 0.25) is 0 Å². The molecule has 2 saturated carbocycles. The van der Waals surface area contributed by atoms with E-state index in [0.29, 0.717) is 12.1 Å². The molecule has 110 valence electrons. The zero-order valence-electron chi connectivity index (χ0n) is 12.4. The van der Waals surface area contributed by atoms with Gasteiger partial charge in [0.15, 0.2) is 0 Å². The highest BCUT2D eigenvalue weighted by molar-refractivity contribution is 4.96. The van der Waals surface area contributed by atoms with Crippen molar-refractivity contribution < 1.29 is 4.74 Å². The Labute approximate surface area is 117 Å². The van der Waals surface area contributed by atoms with Crippen molar-refractivity contribution in [3.63, 3.8) is 0 Å². The molecule has 2 N–H and O–H groups in total. The number of nitrogens with zero attached hydrogens (tertiary/aromatic N) is 1. The lowest BCUT2D eigenvalue weighted by Crippen LogP contribution is -2.60.